The van der Waals surface area contributed by atoms with Crippen molar-refractivity contribution in [2.45, 2.75) is 89.4 Å². The average molecular weight is 1230 g/mol. The minimum absolute atomic E-state index is 0.0646. The standard InChI is InChI=1S/C64H66ClN13O9S/c1-64(2)22-18-45(53(34-64)43-8-10-46(65)11-9-43)37-74-27-29-75(30-28-74)48-12-14-52(58(32-48)87-49-31-44-19-23-66-60(44)68-36-49)61(80)71-88(85,86)50-13-15-55(57(33-50)78(83)84)67-35-41-20-25-73(26-21-41)38-47-39-76(72-70-47)24-4-6-42-5-3-7-51-54(42)40-77(63(51)82)56-16-17-59(79)69-62(56)81/h3,5,7-15,19,23,31-33,36,39,41,56,67H,16-18,20-22,24-30,34-35,37-38,40H2,1-2H3,(H,66,68)(H,71,80)(H,69,79,81). The van der Waals surface area contributed by atoms with Gasteiger partial charge >= 0.3 is 0 Å². The number of imide groups is 1. The summed E-state index contributed by atoms with van der Waals surface area (Å²) in [6.45, 7) is 11.4. The molecular weight excluding hydrogens is 1160 g/mol. The first-order chi connectivity index (χ1) is 42.4. The molecule has 7 heterocycles. The second-order valence-electron chi connectivity index (χ2n) is 24.0. The number of benzene rings is 4. The predicted octanol–water partition coefficient (Wildman–Crippen LogP) is 8.55. The Morgan fingerprint density at radius 2 is 1.72 bits per heavy atom. The van der Waals surface area contributed by atoms with Crippen LogP contribution < -0.4 is 25.0 Å². The van der Waals surface area contributed by atoms with Crippen molar-refractivity contribution in [2.24, 2.45) is 11.3 Å². The van der Waals surface area contributed by atoms with Crippen molar-refractivity contribution in [3.8, 4) is 23.3 Å². The lowest BCUT2D eigenvalue weighted by molar-refractivity contribution is -0.384. The maximum absolute atomic E-state index is 14.2. The van der Waals surface area contributed by atoms with Gasteiger partial charge in [-0.3, -0.25) is 44.4 Å². The summed E-state index contributed by atoms with van der Waals surface area (Å²) >= 11 is 6.27. The number of hydrogen-bond donors (Lipinski definition) is 4. The number of pyridine rings is 1. The van der Waals surface area contributed by atoms with Crippen LogP contribution in [0.15, 0.2) is 120 Å². The Labute approximate surface area is 513 Å². The fourth-order valence-corrected chi connectivity index (χ4v) is 13.5. The highest BCUT2D eigenvalue weighted by Crippen LogP contribution is 2.44. The number of ether oxygens (including phenoxy) is 1. The Hall–Kier alpha value is -8.95. The molecule has 1 aliphatic carbocycles. The SMILES string of the molecule is CC1(C)CCC(CN2CCN(c3ccc(C(=O)NS(=O)(=O)c4ccc(NCC5CCN(Cc6cn(CC#Cc7cccc8c7CN(C7CCC(=O)NC7=O)C8=O)nn6)CC5)c([N+](=O)[O-])c4)c(Oc4cnc5[nH]ccc5c4)c3)CC2)=C(c2ccc(Cl)cc2)C1. The third kappa shape index (κ3) is 13.3. The van der Waals surface area contributed by atoms with E-state index in [1.54, 1.807) is 41.2 Å². The number of hydrogen-bond acceptors (Lipinski definition) is 16. The maximum atomic E-state index is 14.2. The van der Waals surface area contributed by atoms with Crippen LogP contribution in [0.25, 0.3) is 16.6 Å². The number of H-pyrrole nitrogens is 1. The molecule has 5 aliphatic rings. The number of nitro benzene ring substituents is 1. The van der Waals surface area contributed by atoms with E-state index in [0.717, 1.165) is 93.2 Å². The summed E-state index contributed by atoms with van der Waals surface area (Å²) in [5, 5.41) is 28.1. The van der Waals surface area contributed by atoms with Crippen LogP contribution in [0.4, 0.5) is 17.1 Å². The van der Waals surface area contributed by atoms with Crippen molar-refractivity contribution >= 4 is 78.9 Å². The summed E-state index contributed by atoms with van der Waals surface area (Å²) in [5.74, 6) is 4.83. The number of sulfonamides is 1. The Morgan fingerprint density at radius 3 is 2.50 bits per heavy atom. The normalized spacial score (nSPS) is 18.4. The van der Waals surface area contributed by atoms with Gasteiger partial charge in [-0.1, -0.05) is 66.3 Å². The van der Waals surface area contributed by atoms with Crippen LogP contribution in [0, 0.1) is 33.3 Å². The molecule has 1 atom stereocenters. The van der Waals surface area contributed by atoms with Crippen LogP contribution in [0.5, 0.6) is 11.5 Å². The fraction of sp³-hybridized carbons (Fsp3) is 0.359. The molecule has 0 spiro atoms. The highest BCUT2D eigenvalue weighted by Gasteiger charge is 2.40. The molecular formula is C64H66ClN13O9S. The molecule has 4 aliphatic heterocycles. The van der Waals surface area contributed by atoms with Gasteiger partial charge in [0, 0.05) is 104 Å². The van der Waals surface area contributed by atoms with Crippen molar-refractivity contribution in [1.82, 2.24) is 49.7 Å². The zero-order chi connectivity index (χ0) is 61.3. The molecule has 1 unspecified atom stereocenters. The number of piperazine rings is 1. The lowest BCUT2D eigenvalue weighted by atomic mass is 9.72. The number of carbonyl (C=O) groups excluding carboxylic acids is 4. The van der Waals surface area contributed by atoms with E-state index in [4.69, 9.17) is 16.3 Å². The summed E-state index contributed by atoms with van der Waals surface area (Å²) in [6, 6.07) is 24.9. The van der Waals surface area contributed by atoms with Gasteiger partial charge in [-0.05, 0) is 140 Å². The molecule has 3 saturated heterocycles. The lowest BCUT2D eigenvalue weighted by Crippen LogP contribution is -2.52. The van der Waals surface area contributed by atoms with Gasteiger partial charge in [0.15, 0.2) is 0 Å². The third-order valence-electron chi connectivity index (χ3n) is 17.4. The monoisotopic (exact) mass is 1230 g/mol. The summed E-state index contributed by atoms with van der Waals surface area (Å²) in [6.07, 6.45) is 10.3. The van der Waals surface area contributed by atoms with Crippen LogP contribution in [0.1, 0.15) is 102 Å². The molecule has 4 amide bonds. The molecule has 3 aromatic heterocycles. The molecule has 24 heteroatoms. The second kappa shape index (κ2) is 25.0. The third-order valence-corrected chi connectivity index (χ3v) is 18.9. The number of rotatable bonds is 17. The zero-order valence-corrected chi connectivity index (χ0v) is 50.3. The van der Waals surface area contributed by atoms with E-state index in [9.17, 15) is 37.7 Å². The number of anilines is 2. The molecule has 0 bridgehead atoms. The number of aromatic nitrogens is 5. The number of allylic oxidation sites excluding steroid dienone is 1. The lowest BCUT2D eigenvalue weighted by Gasteiger charge is -2.39. The van der Waals surface area contributed by atoms with Crippen molar-refractivity contribution in [2.75, 3.05) is 62.6 Å². The van der Waals surface area contributed by atoms with Crippen molar-refractivity contribution in [3.05, 3.63) is 164 Å². The van der Waals surface area contributed by atoms with Gasteiger partial charge in [-0.15, -0.1) is 5.10 Å². The van der Waals surface area contributed by atoms with Gasteiger partial charge < -0.3 is 24.8 Å². The molecule has 3 fully saturated rings. The number of nitrogens with zero attached hydrogens (tertiary/aromatic N) is 9. The van der Waals surface area contributed by atoms with Gasteiger partial charge in [0.2, 0.25) is 11.8 Å². The van der Waals surface area contributed by atoms with E-state index in [0.29, 0.717) is 53.7 Å². The van der Waals surface area contributed by atoms with Crippen LogP contribution in [0.3, 0.4) is 0 Å². The number of aromatic amines is 1. The van der Waals surface area contributed by atoms with Crippen LogP contribution >= 0.6 is 11.6 Å². The average Bonchev–Trinajstić information content (AvgIpc) is 2.22. The number of fused-ring (bicyclic) bond motifs is 2. The molecule has 88 heavy (non-hydrogen) atoms. The summed E-state index contributed by atoms with van der Waals surface area (Å²) in [7, 11) is -4.65. The van der Waals surface area contributed by atoms with Crippen LogP contribution in [-0.2, 0) is 39.2 Å². The first kappa shape index (κ1) is 59.4. The molecule has 454 valence electrons. The molecule has 4 aromatic carbocycles. The van der Waals surface area contributed by atoms with E-state index in [1.165, 1.54) is 46.0 Å². The van der Waals surface area contributed by atoms with Gasteiger partial charge in [0.1, 0.15) is 35.4 Å². The summed E-state index contributed by atoms with van der Waals surface area (Å²) < 4.78 is 38.2. The van der Waals surface area contributed by atoms with E-state index in [-0.39, 0.29) is 66.1 Å². The number of carbonyl (C=O) groups is 4. The summed E-state index contributed by atoms with van der Waals surface area (Å²) in [4.78, 5) is 79.0. The van der Waals surface area contributed by atoms with Gasteiger partial charge in [-0.2, -0.15) is 0 Å². The number of likely N-dealkylation sites (tertiary alicyclic amines) is 1. The number of nitro groups is 1. The largest absolute Gasteiger partial charge is 0.455 e. The van der Waals surface area contributed by atoms with Gasteiger partial charge in [0.05, 0.1) is 33.5 Å². The smallest absolute Gasteiger partial charge is 0.293 e. The molecule has 0 radical (unpaired) electrons. The predicted molar refractivity (Wildman–Crippen MR) is 331 cm³/mol. The van der Waals surface area contributed by atoms with Crippen molar-refractivity contribution in [3.63, 3.8) is 0 Å². The highest BCUT2D eigenvalue weighted by molar-refractivity contribution is 7.90. The van der Waals surface area contributed by atoms with E-state index >= 15 is 0 Å². The molecule has 7 aromatic rings. The van der Waals surface area contributed by atoms with E-state index < -0.39 is 43.4 Å². The molecule has 12 rings (SSSR count). The maximum Gasteiger partial charge on any atom is 0.293 e. The quantitative estimate of drug-likeness (QED) is 0.0288. The topological polar surface area (TPSA) is 263 Å². The number of piperidine rings is 2. The van der Waals surface area contributed by atoms with Gasteiger partial charge in [0.25, 0.3) is 27.5 Å². The van der Waals surface area contributed by atoms with E-state index in [2.05, 4.69) is 88.2 Å². The Kier molecular flexibility index (Phi) is 16.9. The minimum atomic E-state index is -4.65. The number of halogens is 1. The second-order valence-corrected chi connectivity index (χ2v) is 26.1. The Bertz CT molecular complexity index is 4100. The fourth-order valence-electron chi connectivity index (χ4n) is 12.4. The molecule has 0 saturated carbocycles. The van der Waals surface area contributed by atoms with Crippen molar-refractivity contribution < 1.29 is 37.3 Å². The zero-order valence-electron chi connectivity index (χ0n) is 48.8. The first-order valence-corrected chi connectivity index (χ1v) is 31.4. The Morgan fingerprint density at radius 1 is 0.920 bits per heavy atom. The van der Waals surface area contributed by atoms with Crippen LogP contribution in [0.2, 0.25) is 5.02 Å². The molecule has 4 N–H and O–H groups in total. The van der Waals surface area contributed by atoms with E-state index in [1.807, 2.05) is 30.5 Å². The highest BCUT2D eigenvalue weighted by atomic mass is 35.5. The van der Waals surface area contributed by atoms with Crippen molar-refractivity contribution in [1.29, 1.82) is 0 Å². The summed E-state index contributed by atoms with van der Waals surface area (Å²) in [5.41, 5.74) is 8.00. The Balaban J connectivity index is 0.651. The van der Waals surface area contributed by atoms with Gasteiger partial charge in [-0.25, -0.2) is 22.8 Å². The minimum Gasteiger partial charge on any atom is -0.455 e. The number of amides is 4. The molecule has 22 nitrogen and oxygen atoms in total. The first-order valence-electron chi connectivity index (χ1n) is 29.5. The number of nitrogens with one attached hydrogen (secondary N) is 4. The van der Waals surface area contributed by atoms with Crippen LogP contribution in [-0.4, -0.2) is 135 Å².